The molecule has 0 unspecified atom stereocenters. The van der Waals surface area contributed by atoms with Crippen molar-refractivity contribution in [3.63, 3.8) is 0 Å². The molecular weight excluding hydrogens is 272 g/mol. The lowest BCUT2D eigenvalue weighted by Gasteiger charge is -2.31. The third-order valence-corrected chi connectivity index (χ3v) is 7.41. The molecule has 1 aromatic heterocycles. The second-order valence-electron chi connectivity index (χ2n) is 5.36. The molecule has 0 saturated heterocycles. The fourth-order valence-electron chi connectivity index (χ4n) is 2.77. The van der Waals surface area contributed by atoms with E-state index < -0.39 is 13.0 Å². The number of hydrogen-bond acceptors (Lipinski definition) is 4. The van der Waals surface area contributed by atoms with E-state index in [-0.39, 0.29) is 11.5 Å². The molecule has 20 heavy (non-hydrogen) atoms. The Kier molecular flexibility index (Phi) is 2.58. The summed E-state index contributed by atoms with van der Waals surface area (Å²) in [7, 11) is -2.12. The Hall–Kier alpha value is -2.34. The molecule has 0 bridgehead atoms. The van der Waals surface area contributed by atoms with Crippen LogP contribution in [0.1, 0.15) is 15.9 Å². The smallest absolute Gasteiger partial charge is 0.269 e. The number of carbonyl (C=O) groups excluding carboxylic acids is 1. The highest BCUT2D eigenvalue weighted by atomic mass is 28.3. The number of fused-ring (bicyclic) bond motifs is 2. The number of aromatic nitrogens is 1. The van der Waals surface area contributed by atoms with Crippen LogP contribution in [0.5, 0.6) is 0 Å². The standard InChI is InChI=1S/C14H12N2O3Si/c1-20(2)12-5-6-15-8-11(12)14(17)10-4-3-9(16(18)19)7-13(10)20/h3-8H,1-2H3. The Morgan fingerprint density at radius 1 is 1.15 bits per heavy atom. The highest BCUT2D eigenvalue weighted by Gasteiger charge is 2.39. The van der Waals surface area contributed by atoms with Crippen LogP contribution in [0.2, 0.25) is 13.1 Å². The summed E-state index contributed by atoms with van der Waals surface area (Å²) >= 11 is 0. The highest BCUT2D eigenvalue weighted by Crippen LogP contribution is 2.22. The second-order valence-corrected chi connectivity index (χ2v) is 9.69. The van der Waals surface area contributed by atoms with Crippen molar-refractivity contribution in [2.45, 2.75) is 13.1 Å². The van der Waals surface area contributed by atoms with Gasteiger partial charge in [-0.1, -0.05) is 13.1 Å². The number of carbonyl (C=O) groups is 1. The predicted molar refractivity (Wildman–Crippen MR) is 77.5 cm³/mol. The molecule has 100 valence electrons. The number of rotatable bonds is 1. The summed E-state index contributed by atoms with van der Waals surface area (Å²) < 4.78 is 0. The van der Waals surface area contributed by atoms with Gasteiger partial charge in [0.1, 0.15) is 8.07 Å². The van der Waals surface area contributed by atoms with E-state index in [9.17, 15) is 14.9 Å². The van der Waals surface area contributed by atoms with Crippen LogP contribution < -0.4 is 10.4 Å². The molecule has 0 radical (unpaired) electrons. The molecule has 0 spiro atoms. The molecule has 0 N–H and O–H groups in total. The van der Waals surface area contributed by atoms with Gasteiger partial charge in [0.25, 0.3) is 5.69 Å². The van der Waals surface area contributed by atoms with Gasteiger partial charge < -0.3 is 0 Å². The zero-order chi connectivity index (χ0) is 14.5. The average molecular weight is 284 g/mol. The summed E-state index contributed by atoms with van der Waals surface area (Å²) in [6.07, 6.45) is 3.26. The molecule has 0 fully saturated rings. The Balaban J connectivity index is 2.32. The quantitative estimate of drug-likeness (QED) is 0.450. The van der Waals surface area contributed by atoms with Crippen LogP contribution in [0.4, 0.5) is 5.69 Å². The number of non-ortho nitro benzene ring substituents is 1. The number of nitro groups is 1. The van der Waals surface area contributed by atoms with Gasteiger partial charge in [0, 0.05) is 35.7 Å². The summed E-state index contributed by atoms with van der Waals surface area (Å²) in [5.74, 6) is -0.0928. The van der Waals surface area contributed by atoms with E-state index in [0.717, 1.165) is 10.4 Å². The molecule has 0 atom stereocenters. The lowest BCUT2D eigenvalue weighted by Crippen LogP contribution is -2.59. The van der Waals surface area contributed by atoms with Crippen LogP contribution in [0.3, 0.4) is 0 Å². The van der Waals surface area contributed by atoms with Crippen LogP contribution in [0.15, 0.2) is 36.7 Å². The largest absolute Gasteiger partial charge is 0.289 e. The zero-order valence-electron chi connectivity index (χ0n) is 11.1. The predicted octanol–water partition coefficient (Wildman–Crippen LogP) is 1.36. The Morgan fingerprint density at radius 3 is 2.60 bits per heavy atom. The van der Waals surface area contributed by atoms with E-state index in [1.807, 2.05) is 6.07 Å². The normalized spacial score (nSPS) is 15.4. The fourth-order valence-corrected chi connectivity index (χ4v) is 5.78. The number of benzene rings is 1. The first-order valence-corrected chi connectivity index (χ1v) is 9.21. The number of nitrogens with zero attached hydrogens (tertiary/aromatic N) is 2. The summed E-state index contributed by atoms with van der Waals surface area (Å²) in [5, 5.41) is 12.8. The summed E-state index contributed by atoms with van der Waals surface area (Å²) in [6.45, 7) is 4.20. The fraction of sp³-hybridized carbons (Fsp3) is 0.143. The van der Waals surface area contributed by atoms with Gasteiger partial charge in [-0.05, 0) is 22.5 Å². The number of ketones is 1. The first kappa shape index (κ1) is 12.7. The first-order chi connectivity index (χ1) is 9.43. The molecule has 6 heteroatoms. The molecule has 1 aliphatic heterocycles. The van der Waals surface area contributed by atoms with Crippen molar-refractivity contribution < 1.29 is 9.72 Å². The van der Waals surface area contributed by atoms with Crippen LogP contribution in [0.25, 0.3) is 0 Å². The van der Waals surface area contributed by atoms with E-state index >= 15 is 0 Å². The summed E-state index contributed by atoms with van der Waals surface area (Å²) in [5.41, 5.74) is 1.24. The van der Waals surface area contributed by atoms with Gasteiger partial charge in [-0.3, -0.25) is 19.9 Å². The summed E-state index contributed by atoms with van der Waals surface area (Å²) in [4.78, 5) is 27.0. The molecule has 2 heterocycles. The monoisotopic (exact) mass is 284 g/mol. The van der Waals surface area contributed by atoms with Crippen molar-refractivity contribution in [2.75, 3.05) is 0 Å². The number of nitro benzene ring substituents is 1. The van der Waals surface area contributed by atoms with Crippen LogP contribution in [0, 0.1) is 10.1 Å². The molecule has 3 rings (SSSR count). The zero-order valence-corrected chi connectivity index (χ0v) is 12.1. The maximum absolute atomic E-state index is 12.5. The van der Waals surface area contributed by atoms with Gasteiger partial charge >= 0.3 is 0 Å². The minimum absolute atomic E-state index is 0.0367. The van der Waals surface area contributed by atoms with E-state index in [4.69, 9.17) is 0 Å². The van der Waals surface area contributed by atoms with E-state index in [1.54, 1.807) is 24.5 Å². The molecule has 5 nitrogen and oxygen atoms in total. The topological polar surface area (TPSA) is 73.1 Å². The van der Waals surface area contributed by atoms with Gasteiger partial charge in [-0.25, -0.2) is 0 Å². The van der Waals surface area contributed by atoms with E-state index in [0.29, 0.717) is 11.1 Å². The Bertz CT molecular complexity index is 756. The average Bonchev–Trinajstić information content (AvgIpc) is 2.44. The SMILES string of the molecule is C[Si]1(C)c2ccncc2C(=O)c2ccc([N+](=O)[O-])cc21. The maximum Gasteiger partial charge on any atom is 0.269 e. The molecule has 1 aliphatic rings. The summed E-state index contributed by atoms with van der Waals surface area (Å²) in [6, 6.07) is 6.38. The number of pyridine rings is 1. The molecule has 0 saturated carbocycles. The van der Waals surface area contributed by atoms with Crippen LogP contribution in [-0.4, -0.2) is 23.8 Å². The Labute approximate surface area is 116 Å². The first-order valence-electron chi connectivity index (χ1n) is 6.21. The molecule has 2 aromatic rings. The van der Waals surface area contributed by atoms with Crippen molar-refractivity contribution in [1.29, 1.82) is 0 Å². The Morgan fingerprint density at radius 2 is 1.90 bits per heavy atom. The van der Waals surface area contributed by atoms with Crippen molar-refractivity contribution in [1.82, 2.24) is 4.98 Å². The van der Waals surface area contributed by atoms with Crippen LogP contribution in [-0.2, 0) is 0 Å². The third-order valence-electron chi connectivity index (χ3n) is 3.87. The second kappa shape index (κ2) is 4.07. The van der Waals surface area contributed by atoms with E-state index in [2.05, 4.69) is 18.1 Å². The highest BCUT2D eigenvalue weighted by molar-refractivity contribution is 7.02. The minimum Gasteiger partial charge on any atom is -0.289 e. The molecular formula is C14H12N2O3Si. The van der Waals surface area contributed by atoms with Gasteiger partial charge in [0.15, 0.2) is 5.78 Å². The molecule has 0 aliphatic carbocycles. The van der Waals surface area contributed by atoms with Crippen LogP contribution >= 0.6 is 0 Å². The van der Waals surface area contributed by atoms with Crippen molar-refractivity contribution in [2.24, 2.45) is 0 Å². The third kappa shape index (κ3) is 1.61. The number of hydrogen-bond donors (Lipinski definition) is 0. The van der Waals surface area contributed by atoms with Gasteiger partial charge in [0.05, 0.1) is 4.92 Å². The minimum atomic E-state index is -2.12. The van der Waals surface area contributed by atoms with Gasteiger partial charge in [-0.2, -0.15) is 0 Å². The van der Waals surface area contributed by atoms with Gasteiger partial charge in [-0.15, -0.1) is 0 Å². The van der Waals surface area contributed by atoms with Crippen molar-refractivity contribution in [3.05, 3.63) is 57.9 Å². The lowest BCUT2D eigenvalue weighted by atomic mass is 10.0. The van der Waals surface area contributed by atoms with E-state index in [1.165, 1.54) is 6.07 Å². The van der Waals surface area contributed by atoms with Crippen molar-refractivity contribution >= 4 is 29.9 Å². The van der Waals surface area contributed by atoms with Gasteiger partial charge in [0.2, 0.25) is 0 Å². The maximum atomic E-state index is 12.5. The molecule has 0 amide bonds. The lowest BCUT2D eigenvalue weighted by molar-refractivity contribution is -0.384. The molecule has 1 aromatic carbocycles. The van der Waals surface area contributed by atoms with Crippen molar-refractivity contribution in [3.8, 4) is 0 Å².